The van der Waals surface area contributed by atoms with Crippen LogP contribution in [-0.2, 0) is 4.74 Å². The molecule has 0 aliphatic carbocycles. The van der Waals surface area contributed by atoms with E-state index in [1.807, 2.05) is 55.5 Å². The molecule has 0 atom stereocenters. The summed E-state index contributed by atoms with van der Waals surface area (Å²) in [6.45, 7) is 3.83. The van der Waals surface area contributed by atoms with Gasteiger partial charge in [-0.05, 0) is 42.8 Å². The van der Waals surface area contributed by atoms with Gasteiger partial charge >= 0.3 is 0 Å². The van der Waals surface area contributed by atoms with Crippen LogP contribution in [0, 0.1) is 0 Å². The smallest absolute Gasteiger partial charge is 0.161 e. The van der Waals surface area contributed by atoms with Crippen LogP contribution in [-0.4, -0.2) is 33.5 Å². The molecule has 2 aromatic carbocycles. The average Bonchev–Trinajstić information content (AvgIpc) is 2.62. The van der Waals surface area contributed by atoms with Crippen LogP contribution in [0.25, 0.3) is 6.08 Å². The predicted molar refractivity (Wildman–Crippen MR) is 101 cm³/mol. The van der Waals surface area contributed by atoms with Crippen LogP contribution in [0.4, 0.5) is 0 Å². The van der Waals surface area contributed by atoms with Crippen LogP contribution in [0.3, 0.4) is 0 Å². The fourth-order valence-electron chi connectivity index (χ4n) is 2.19. The third-order valence-electron chi connectivity index (χ3n) is 3.32. The fraction of sp³-hybridized carbons (Fsp3) is 0.300. The lowest BCUT2D eigenvalue weighted by Gasteiger charge is -2.12. The minimum absolute atomic E-state index is 0.441. The van der Waals surface area contributed by atoms with Crippen LogP contribution >= 0.6 is 11.6 Å². The number of hydrogen-bond donors (Lipinski definition) is 0. The molecule has 0 amide bonds. The molecule has 5 heteroatoms. The van der Waals surface area contributed by atoms with E-state index >= 15 is 0 Å². The van der Waals surface area contributed by atoms with Crippen molar-refractivity contribution in [2.24, 2.45) is 0 Å². The number of ether oxygens (including phenoxy) is 4. The molecule has 0 radical (unpaired) electrons. The molecule has 0 fully saturated rings. The molecule has 134 valence electrons. The lowest BCUT2D eigenvalue weighted by Crippen LogP contribution is -2.12. The molecule has 0 aliphatic rings. The Bertz CT molecular complexity index is 685. The summed E-state index contributed by atoms with van der Waals surface area (Å²) in [7, 11) is 1.63. The molecule has 25 heavy (non-hydrogen) atoms. The van der Waals surface area contributed by atoms with Crippen molar-refractivity contribution in [1.82, 2.24) is 0 Å². The number of rotatable bonds is 10. The van der Waals surface area contributed by atoms with Gasteiger partial charge in [-0.1, -0.05) is 35.9 Å². The SMILES string of the molecule is C/C=C/c1ccc(OCCOCCOc2cccc(Cl)c2)c(OC)c1. The molecule has 4 nitrogen and oxygen atoms in total. The predicted octanol–water partition coefficient (Wildman–Crippen LogP) is 4.86. The van der Waals surface area contributed by atoms with Gasteiger partial charge in [-0.25, -0.2) is 0 Å². The van der Waals surface area contributed by atoms with Crippen molar-refractivity contribution in [3.05, 3.63) is 59.1 Å². The van der Waals surface area contributed by atoms with Gasteiger partial charge < -0.3 is 18.9 Å². The molecule has 0 saturated heterocycles. The molecule has 0 N–H and O–H groups in total. The van der Waals surface area contributed by atoms with Gasteiger partial charge in [0.05, 0.1) is 20.3 Å². The summed E-state index contributed by atoms with van der Waals surface area (Å²) in [6, 6.07) is 13.1. The Morgan fingerprint density at radius 3 is 2.44 bits per heavy atom. The van der Waals surface area contributed by atoms with E-state index in [1.165, 1.54) is 0 Å². The number of benzene rings is 2. The van der Waals surface area contributed by atoms with E-state index in [0.717, 1.165) is 11.3 Å². The zero-order valence-electron chi connectivity index (χ0n) is 14.5. The van der Waals surface area contributed by atoms with Gasteiger partial charge in [0, 0.05) is 5.02 Å². The molecule has 0 heterocycles. The fourth-order valence-corrected chi connectivity index (χ4v) is 2.37. The highest BCUT2D eigenvalue weighted by atomic mass is 35.5. The van der Waals surface area contributed by atoms with Crippen LogP contribution in [0.5, 0.6) is 17.2 Å². The summed E-state index contributed by atoms with van der Waals surface area (Å²) in [6.07, 6.45) is 3.99. The Labute approximate surface area is 153 Å². The Morgan fingerprint density at radius 2 is 1.72 bits per heavy atom. The van der Waals surface area contributed by atoms with Gasteiger partial charge in [-0.15, -0.1) is 0 Å². The van der Waals surface area contributed by atoms with Crippen molar-refractivity contribution in [2.45, 2.75) is 6.92 Å². The molecule has 0 saturated carbocycles. The van der Waals surface area contributed by atoms with Crippen molar-refractivity contribution in [1.29, 1.82) is 0 Å². The number of halogens is 1. The lowest BCUT2D eigenvalue weighted by molar-refractivity contribution is 0.0757. The highest BCUT2D eigenvalue weighted by molar-refractivity contribution is 6.30. The van der Waals surface area contributed by atoms with Gasteiger partial charge in [0.25, 0.3) is 0 Å². The zero-order valence-corrected chi connectivity index (χ0v) is 15.3. The minimum Gasteiger partial charge on any atom is -0.493 e. The molecule has 2 rings (SSSR count). The molecule has 0 aliphatic heterocycles. The average molecular weight is 363 g/mol. The number of allylic oxidation sites excluding steroid dienone is 1. The third kappa shape index (κ3) is 6.69. The lowest BCUT2D eigenvalue weighted by atomic mass is 10.2. The molecular formula is C20H23ClO4. The monoisotopic (exact) mass is 362 g/mol. The first kappa shape index (κ1) is 19.2. The summed E-state index contributed by atoms with van der Waals surface area (Å²) < 4.78 is 22.1. The van der Waals surface area contributed by atoms with Crippen LogP contribution in [0.2, 0.25) is 5.02 Å². The molecule has 0 bridgehead atoms. The second-order valence-electron chi connectivity index (χ2n) is 5.18. The Balaban J connectivity index is 1.66. The van der Waals surface area contributed by atoms with Crippen molar-refractivity contribution < 1.29 is 18.9 Å². The summed E-state index contributed by atoms with van der Waals surface area (Å²) in [4.78, 5) is 0. The van der Waals surface area contributed by atoms with Gasteiger partial charge in [0.15, 0.2) is 11.5 Å². The Morgan fingerprint density at radius 1 is 0.920 bits per heavy atom. The highest BCUT2D eigenvalue weighted by Gasteiger charge is 2.04. The number of methoxy groups -OCH3 is 1. The van der Waals surface area contributed by atoms with Crippen molar-refractivity contribution in [2.75, 3.05) is 33.5 Å². The first-order valence-electron chi connectivity index (χ1n) is 8.12. The minimum atomic E-state index is 0.441. The first-order valence-corrected chi connectivity index (χ1v) is 8.50. The maximum absolute atomic E-state index is 5.89. The van der Waals surface area contributed by atoms with E-state index in [1.54, 1.807) is 13.2 Å². The highest BCUT2D eigenvalue weighted by Crippen LogP contribution is 2.28. The van der Waals surface area contributed by atoms with Crippen molar-refractivity contribution >= 4 is 17.7 Å². The maximum atomic E-state index is 5.89. The zero-order chi connectivity index (χ0) is 17.9. The van der Waals surface area contributed by atoms with Gasteiger partial charge in [0.2, 0.25) is 0 Å². The van der Waals surface area contributed by atoms with Crippen LogP contribution in [0.1, 0.15) is 12.5 Å². The summed E-state index contributed by atoms with van der Waals surface area (Å²) in [5.74, 6) is 2.15. The molecule has 2 aromatic rings. The normalized spacial score (nSPS) is 10.8. The van der Waals surface area contributed by atoms with Crippen LogP contribution < -0.4 is 14.2 Å². The van der Waals surface area contributed by atoms with E-state index in [9.17, 15) is 0 Å². The molecule has 0 spiro atoms. The first-order chi connectivity index (χ1) is 12.2. The van der Waals surface area contributed by atoms with Gasteiger partial charge in [-0.3, -0.25) is 0 Å². The largest absolute Gasteiger partial charge is 0.493 e. The summed E-state index contributed by atoms with van der Waals surface area (Å²) >= 11 is 5.89. The second-order valence-corrected chi connectivity index (χ2v) is 5.61. The van der Waals surface area contributed by atoms with E-state index < -0.39 is 0 Å². The van der Waals surface area contributed by atoms with Gasteiger partial charge in [-0.2, -0.15) is 0 Å². The third-order valence-corrected chi connectivity index (χ3v) is 3.56. The summed E-state index contributed by atoms with van der Waals surface area (Å²) in [5.41, 5.74) is 1.07. The Hall–Kier alpha value is -2.17. The second kappa shape index (κ2) is 10.6. The number of hydrogen-bond acceptors (Lipinski definition) is 4. The molecular weight excluding hydrogens is 340 g/mol. The maximum Gasteiger partial charge on any atom is 0.161 e. The van der Waals surface area contributed by atoms with E-state index in [0.29, 0.717) is 42.9 Å². The van der Waals surface area contributed by atoms with Crippen molar-refractivity contribution in [3.8, 4) is 17.2 Å². The van der Waals surface area contributed by atoms with E-state index in [2.05, 4.69) is 0 Å². The van der Waals surface area contributed by atoms with Crippen molar-refractivity contribution in [3.63, 3.8) is 0 Å². The Kier molecular flexibility index (Phi) is 8.16. The molecule has 0 aromatic heterocycles. The topological polar surface area (TPSA) is 36.9 Å². The van der Waals surface area contributed by atoms with E-state index in [4.69, 9.17) is 30.5 Å². The summed E-state index contributed by atoms with van der Waals surface area (Å²) in [5, 5.41) is 0.654. The quantitative estimate of drug-likeness (QED) is 0.566. The van der Waals surface area contributed by atoms with E-state index in [-0.39, 0.29) is 0 Å². The standard InChI is InChI=1S/C20H23ClO4/c1-3-5-16-8-9-19(20(14-16)22-2)25-13-11-23-10-12-24-18-7-4-6-17(21)15-18/h3-9,14-15H,10-13H2,1-2H3/b5-3+. The molecule has 0 unspecified atom stereocenters. The van der Waals surface area contributed by atoms with Gasteiger partial charge in [0.1, 0.15) is 19.0 Å². The van der Waals surface area contributed by atoms with Crippen LogP contribution in [0.15, 0.2) is 48.5 Å².